The number of fused-ring (bicyclic) bond motifs is 1. The minimum absolute atomic E-state index is 0.0987. The van der Waals surface area contributed by atoms with Crippen molar-refractivity contribution in [3.63, 3.8) is 0 Å². The lowest BCUT2D eigenvalue weighted by Gasteiger charge is -2.22. The summed E-state index contributed by atoms with van der Waals surface area (Å²) in [6.45, 7) is 0.371. The van der Waals surface area contributed by atoms with Gasteiger partial charge in [0, 0.05) is 24.0 Å². The summed E-state index contributed by atoms with van der Waals surface area (Å²) in [4.78, 5) is 12.1. The van der Waals surface area contributed by atoms with Crippen LogP contribution < -0.4 is 5.32 Å². The summed E-state index contributed by atoms with van der Waals surface area (Å²) in [5.74, 6) is 0.0987. The first kappa shape index (κ1) is 14.6. The summed E-state index contributed by atoms with van der Waals surface area (Å²) < 4.78 is 1.94. The Kier molecular flexibility index (Phi) is 4.63. The average molecular weight is 290 g/mol. The summed E-state index contributed by atoms with van der Waals surface area (Å²) in [5.41, 5.74) is 2.24. The zero-order valence-corrected chi connectivity index (χ0v) is 12.7. The fourth-order valence-electron chi connectivity index (χ4n) is 3.67. The van der Waals surface area contributed by atoms with Crippen LogP contribution in [0.2, 0.25) is 0 Å². The maximum Gasteiger partial charge on any atom is 0.240 e. The number of hydrogen-bond acceptors (Lipinski definition) is 2. The highest BCUT2D eigenvalue weighted by Crippen LogP contribution is 2.29. The lowest BCUT2D eigenvalue weighted by atomic mass is 9.95. The Labute approximate surface area is 126 Å². The molecule has 0 spiro atoms. The third-order valence-electron chi connectivity index (χ3n) is 4.83. The van der Waals surface area contributed by atoms with Gasteiger partial charge in [-0.3, -0.25) is 4.79 Å². The molecule has 0 radical (unpaired) electrons. The molecule has 1 heterocycles. The largest absolute Gasteiger partial charge is 0.388 e. The zero-order valence-electron chi connectivity index (χ0n) is 12.7. The van der Waals surface area contributed by atoms with Gasteiger partial charge in [0.15, 0.2) is 0 Å². The predicted molar refractivity (Wildman–Crippen MR) is 82.0 cm³/mol. The number of aliphatic hydroxyl groups is 1. The lowest BCUT2D eigenvalue weighted by molar-refractivity contribution is -0.122. The monoisotopic (exact) mass is 290 g/mol. The highest BCUT2D eigenvalue weighted by molar-refractivity contribution is 5.76. The molecule has 1 atom stereocenters. The Bertz CT molecular complexity index is 489. The number of amides is 1. The van der Waals surface area contributed by atoms with Crippen LogP contribution in [0.3, 0.4) is 0 Å². The van der Waals surface area contributed by atoms with Gasteiger partial charge in [0.25, 0.3) is 0 Å². The molecule has 3 rings (SSSR count). The van der Waals surface area contributed by atoms with Crippen LogP contribution in [0.5, 0.6) is 0 Å². The van der Waals surface area contributed by atoms with Gasteiger partial charge in [-0.05, 0) is 37.7 Å². The normalized spacial score (nSPS) is 23.4. The van der Waals surface area contributed by atoms with E-state index in [0.29, 0.717) is 12.6 Å². The predicted octanol–water partition coefficient (Wildman–Crippen LogP) is 2.70. The molecule has 0 aliphatic heterocycles. The van der Waals surface area contributed by atoms with Crippen molar-refractivity contribution in [2.75, 3.05) is 0 Å². The van der Waals surface area contributed by atoms with E-state index in [1.165, 1.54) is 24.8 Å². The maximum absolute atomic E-state index is 12.1. The van der Waals surface area contributed by atoms with Gasteiger partial charge in [-0.15, -0.1) is 0 Å². The molecule has 4 heteroatoms. The van der Waals surface area contributed by atoms with Crippen molar-refractivity contribution in [1.29, 1.82) is 0 Å². The number of nitrogens with zero attached hydrogens (tertiary/aromatic N) is 1. The smallest absolute Gasteiger partial charge is 0.240 e. The van der Waals surface area contributed by atoms with Gasteiger partial charge in [-0.2, -0.15) is 0 Å². The van der Waals surface area contributed by atoms with Crippen LogP contribution in [0.1, 0.15) is 68.6 Å². The Hall–Kier alpha value is -1.29. The van der Waals surface area contributed by atoms with Crippen molar-refractivity contribution in [2.45, 2.75) is 76.5 Å². The fraction of sp³-hybridized carbons (Fsp3) is 0.706. The Morgan fingerprint density at radius 2 is 1.90 bits per heavy atom. The summed E-state index contributed by atoms with van der Waals surface area (Å²) in [6.07, 6.45) is 13.7. The second kappa shape index (κ2) is 6.65. The van der Waals surface area contributed by atoms with Gasteiger partial charge in [0.05, 0.1) is 6.10 Å². The van der Waals surface area contributed by atoms with Gasteiger partial charge in [0.1, 0.15) is 6.54 Å². The average Bonchev–Trinajstić information content (AvgIpc) is 2.79. The molecular weight excluding hydrogens is 264 g/mol. The van der Waals surface area contributed by atoms with Gasteiger partial charge in [-0.25, -0.2) is 0 Å². The molecule has 2 aliphatic rings. The minimum atomic E-state index is -0.356. The molecule has 1 amide bonds. The van der Waals surface area contributed by atoms with Gasteiger partial charge in [-0.1, -0.05) is 25.7 Å². The first-order valence-electron chi connectivity index (χ1n) is 8.38. The van der Waals surface area contributed by atoms with Crippen molar-refractivity contribution in [3.05, 3.63) is 23.5 Å². The molecule has 1 aromatic heterocycles. The van der Waals surface area contributed by atoms with Crippen LogP contribution in [0.25, 0.3) is 0 Å². The number of rotatable bonds is 3. The van der Waals surface area contributed by atoms with Crippen LogP contribution in [0, 0.1) is 0 Å². The van der Waals surface area contributed by atoms with Crippen molar-refractivity contribution < 1.29 is 9.90 Å². The second-order valence-electron chi connectivity index (χ2n) is 6.58. The summed E-state index contributed by atoms with van der Waals surface area (Å²) in [5, 5.41) is 13.3. The van der Waals surface area contributed by atoms with Gasteiger partial charge >= 0.3 is 0 Å². The molecule has 0 saturated heterocycles. The van der Waals surface area contributed by atoms with E-state index in [9.17, 15) is 9.90 Å². The number of hydrogen-bond donors (Lipinski definition) is 2. The number of carbonyl (C=O) groups excluding carboxylic acids is 1. The zero-order chi connectivity index (χ0) is 14.7. The van der Waals surface area contributed by atoms with Crippen molar-refractivity contribution in [3.8, 4) is 0 Å². The fourth-order valence-corrected chi connectivity index (χ4v) is 3.67. The number of aliphatic hydroxyl groups excluding tert-OH is 1. The Morgan fingerprint density at radius 1 is 1.14 bits per heavy atom. The first-order chi connectivity index (χ1) is 10.2. The Morgan fingerprint density at radius 3 is 2.71 bits per heavy atom. The first-order valence-corrected chi connectivity index (χ1v) is 8.38. The van der Waals surface area contributed by atoms with Crippen LogP contribution >= 0.6 is 0 Å². The quantitative estimate of drug-likeness (QED) is 0.841. The summed E-state index contributed by atoms with van der Waals surface area (Å²) in [7, 11) is 0. The van der Waals surface area contributed by atoms with E-state index in [1.54, 1.807) is 0 Å². The minimum Gasteiger partial charge on any atom is -0.388 e. The highest BCUT2D eigenvalue weighted by atomic mass is 16.3. The maximum atomic E-state index is 12.1. The molecule has 1 aromatic rings. The van der Waals surface area contributed by atoms with E-state index >= 15 is 0 Å². The molecule has 2 aliphatic carbocycles. The third-order valence-corrected chi connectivity index (χ3v) is 4.83. The van der Waals surface area contributed by atoms with E-state index in [1.807, 2.05) is 17.0 Å². The molecule has 21 heavy (non-hydrogen) atoms. The SMILES string of the molecule is O=C(Cn1cc2c(c1)C(O)CCCC2)NC1CCCCC1. The van der Waals surface area contributed by atoms with Crippen LogP contribution in [-0.4, -0.2) is 21.6 Å². The topological polar surface area (TPSA) is 54.3 Å². The molecule has 0 bridgehead atoms. The number of aromatic nitrogens is 1. The Balaban J connectivity index is 1.59. The lowest BCUT2D eigenvalue weighted by Crippen LogP contribution is -2.38. The summed E-state index contributed by atoms with van der Waals surface area (Å²) in [6, 6.07) is 0.366. The standard InChI is InChI=1S/C17H26N2O2/c20-16-9-5-4-6-13-10-19(11-15(13)16)12-17(21)18-14-7-2-1-3-8-14/h10-11,14,16,20H,1-9,12H2,(H,18,21). The van der Waals surface area contributed by atoms with Crippen molar-refractivity contribution in [2.24, 2.45) is 0 Å². The molecule has 2 N–H and O–H groups in total. The van der Waals surface area contributed by atoms with Crippen molar-refractivity contribution in [1.82, 2.24) is 9.88 Å². The van der Waals surface area contributed by atoms with E-state index in [-0.39, 0.29) is 12.0 Å². The number of aryl methyl sites for hydroxylation is 1. The highest BCUT2D eigenvalue weighted by Gasteiger charge is 2.20. The molecule has 1 saturated carbocycles. The molecule has 1 unspecified atom stereocenters. The molecule has 116 valence electrons. The van der Waals surface area contributed by atoms with Gasteiger partial charge < -0.3 is 15.0 Å². The molecular formula is C17H26N2O2. The number of carbonyl (C=O) groups is 1. The van der Waals surface area contributed by atoms with E-state index in [4.69, 9.17) is 0 Å². The second-order valence-corrected chi connectivity index (χ2v) is 6.58. The molecule has 4 nitrogen and oxygen atoms in total. The third kappa shape index (κ3) is 3.67. The number of nitrogens with one attached hydrogen (secondary N) is 1. The van der Waals surface area contributed by atoms with Gasteiger partial charge in [0.2, 0.25) is 5.91 Å². The molecule has 1 fully saturated rings. The van der Waals surface area contributed by atoms with Crippen LogP contribution in [0.4, 0.5) is 0 Å². The van der Waals surface area contributed by atoms with Crippen molar-refractivity contribution >= 4 is 5.91 Å². The molecule has 0 aromatic carbocycles. The summed E-state index contributed by atoms with van der Waals surface area (Å²) >= 11 is 0. The van der Waals surface area contributed by atoms with E-state index < -0.39 is 0 Å². The van der Waals surface area contributed by atoms with Crippen LogP contribution in [0.15, 0.2) is 12.4 Å². The van der Waals surface area contributed by atoms with E-state index in [2.05, 4.69) is 5.32 Å². The van der Waals surface area contributed by atoms with E-state index in [0.717, 1.165) is 44.1 Å². The van der Waals surface area contributed by atoms with Crippen LogP contribution in [-0.2, 0) is 17.8 Å².